The predicted octanol–water partition coefficient (Wildman–Crippen LogP) is 6.03. The van der Waals surface area contributed by atoms with Gasteiger partial charge in [-0.3, -0.25) is 9.52 Å². The number of benzene rings is 2. The molecule has 1 unspecified atom stereocenters. The normalized spacial score (nSPS) is 15.7. The molecule has 1 saturated heterocycles. The van der Waals surface area contributed by atoms with Crippen LogP contribution in [0.15, 0.2) is 69.6 Å². The van der Waals surface area contributed by atoms with Crippen LogP contribution in [0.25, 0.3) is 11.3 Å². The first-order valence-corrected chi connectivity index (χ1v) is 15.2. The molecule has 3 heterocycles. The van der Waals surface area contributed by atoms with E-state index in [1.807, 2.05) is 0 Å². The molecule has 210 valence electrons. The number of nitrogens with one attached hydrogen (secondary N) is 2. The van der Waals surface area contributed by atoms with Crippen LogP contribution in [0.5, 0.6) is 5.75 Å². The number of aromatic nitrogens is 1. The number of ether oxygens (including phenoxy) is 1. The average molecular weight is 609 g/mol. The highest BCUT2D eigenvalue weighted by Crippen LogP contribution is 2.33. The molecule has 2 N–H and O–H groups in total. The smallest absolute Gasteiger partial charge is 0.416 e. The van der Waals surface area contributed by atoms with Crippen molar-refractivity contribution in [2.45, 2.75) is 22.8 Å². The van der Waals surface area contributed by atoms with Crippen molar-refractivity contribution in [3.63, 3.8) is 0 Å². The van der Waals surface area contributed by atoms with E-state index in [1.54, 1.807) is 27.8 Å². The quantitative estimate of drug-likeness (QED) is 0.254. The second kappa shape index (κ2) is 11.1. The van der Waals surface area contributed by atoms with Crippen LogP contribution in [-0.4, -0.2) is 50.5 Å². The first-order valence-electron chi connectivity index (χ1n) is 12.0. The van der Waals surface area contributed by atoms with Gasteiger partial charge in [-0.15, -0.1) is 22.7 Å². The lowest BCUT2D eigenvalue weighted by molar-refractivity contribution is -0.137. The van der Waals surface area contributed by atoms with E-state index in [1.165, 1.54) is 48.8 Å². The summed E-state index contributed by atoms with van der Waals surface area (Å²) in [4.78, 5) is 19.6. The van der Waals surface area contributed by atoms with E-state index in [-0.39, 0.29) is 27.4 Å². The molecule has 5 rings (SSSR count). The van der Waals surface area contributed by atoms with Crippen molar-refractivity contribution in [1.82, 2.24) is 9.88 Å². The molecule has 1 aliphatic heterocycles. The number of anilines is 2. The van der Waals surface area contributed by atoms with Crippen molar-refractivity contribution >= 4 is 49.4 Å². The van der Waals surface area contributed by atoms with E-state index in [0.717, 1.165) is 23.5 Å². The first kappa shape index (κ1) is 27.9. The lowest BCUT2D eigenvalue weighted by Crippen LogP contribution is -2.32. The van der Waals surface area contributed by atoms with Crippen LogP contribution in [0, 0.1) is 0 Å². The van der Waals surface area contributed by atoms with Crippen LogP contribution in [0.3, 0.4) is 0 Å². The molecule has 1 aliphatic rings. The minimum absolute atomic E-state index is 0.111. The van der Waals surface area contributed by atoms with Gasteiger partial charge in [-0.05, 0) is 42.1 Å². The summed E-state index contributed by atoms with van der Waals surface area (Å²) in [5.41, 5.74) is 0.709. The van der Waals surface area contributed by atoms with Crippen molar-refractivity contribution in [3.05, 3.63) is 76.5 Å². The summed E-state index contributed by atoms with van der Waals surface area (Å²) >= 11 is 2.39. The topological polar surface area (TPSA) is 101 Å². The fourth-order valence-corrected chi connectivity index (χ4v) is 7.10. The van der Waals surface area contributed by atoms with Crippen LogP contribution in [0.1, 0.15) is 22.3 Å². The molecular weight excluding hydrogens is 586 g/mol. The molecule has 2 aromatic carbocycles. The number of likely N-dealkylation sites (tertiary alicyclic amines) is 1. The van der Waals surface area contributed by atoms with E-state index >= 15 is 0 Å². The first-order chi connectivity index (χ1) is 19.0. The van der Waals surface area contributed by atoms with Crippen molar-refractivity contribution in [2.24, 2.45) is 0 Å². The largest absolute Gasteiger partial charge is 0.497 e. The number of hydrogen-bond donors (Lipinski definition) is 2. The second-order valence-corrected chi connectivity index (χ2v) is 12.7. The Labute approximate surface area is 236 Å². The van der Waals surface area contributed by atoms with Crippen LogP contribution in [0.2, 0.25) is 0 Å². The van der Waals surface area contributed by atoms with Crippen LogP contribution < -0.4 is 14.8 Å². The zero-order valence-electron chi connectivity index (χ0n) is 20.9. The number of thiazole rings is 1. The second-order valence-electron chi connectivity index (χ2n) is 8.94. The highest BCUT2D eigenvalue weighted by molar-refractivity contribution is 7.94. The number of halogens is 3. The van der Waals surface area contributed by atoms with Gasteiger partial charge in [-0.25, -0.2) is 13.4 Å². The van der Waals surface area contributed by atoms with Gasteiger partial charge in [0.25, 0.3) is 15.9 Å². The predicted molar refractivity (Wildman–Crippen MR) is 149 cm³/mol. The SMILES string of the molecule is COc1ccc(C(=O)N2CCC(Nc3nc(-c4ccc(C(F)(F)F)cc4)cs3)C2)c(NS(=O)(=O)c2cccs2)c1. The summed E-state index contributed by atoms with van der Waals surface area (Å²) in [6.07, 6.45) is -3.77. The van der Waals surface area contributed by atoms with Crippen molar-refractivity contribution in [2.75, 3.05) is 30.2 Å². The highest BCUT2D eigenvalue weighted by atomic mass is 32.2. The van der Waals surface area contributed by atoms with E-state index in [9.17, 15) is 26.4 Å². The maximum Gasteiger partial charge on any atom is 0.416 e. The Balaban J connectivity index is 1.27. The van der Waals surface area contributed by atoms with E-state index in [0.29, 0.717) is 41.6 Å². The molecule has 1 fully saturated rings. The molecule has 0 saturated carbocycles. The lowest BCUT2D eigenvalue weighted by Gasteiger charge is -2.20. The number of methoxy groups -OCH3 is 1. The van der Waals surface area contributed by atoms with Gasteiger partial charge in [0.05, 0.1) is 29.6 Å². The third-order valence-corrected chi connectivity index (χ3v) is 9.81. The minimum Gasteiger partial charge on any atom is -0.497 e. The highest BCUT2D eigenvalue weighted by Gasteiger charge is 2.31. The fraction of sp³-hybridized carbons (Fsp3) is 0.231. The number of carbonyl (C=O) groups excluding carboxylic acids is 1. The van der Waals surface area contributed by atoms with Gasteiger partial charge >= 0.3 is 6.18 Å². The van der Waals surface area contributed by atoms with Crippen molar-refractivity contribution < 1.29 is 31.1 Å². The number of amides is 1. The summed E-state index contributed by atoms with van der Waals surface area (Å²) in [5, 5.41) is 7.29. The van der Waals surface area contributed by atoms with Gasteiger partial charge in [0.2, 0.25) is 0 Å². The molecule has 0 radical (unpaired) electrons. The molecule has 1 amide bonds. The summed E-state index contributed by atoms with van der Waals surface area (Å²) in [6, 6.07) is 12.4. The fourth-order valence-electron chi connectivity index (χ4n) is 4.24. The Morgan fingerprint density at radius 1 is 1.12 bits per heavy atom. The number of thiophene rings is 1. The Kier molecular flexibility index (Phi) is 7.75. The molecular formula is C26H23F3N4O4S3. The Bertz CT molecular complexity index is 1600. The molecule has 40 heavy (non-hydrogen) atoms. The van der Waals surface area contributed by atoms with Crippen molar-refractivity contribution in [1.29, 1.82) is 0 Å². The van der Waals surface area contributed by atoms with Gasteiger partial charge in [0, 0.05) is 36.1 Å². The monoisotopic (exact) mass is 608 g/mol. The van der Waals surface area contributed by atoms with Gasteiger partial charge in [0.1, 0.15) is 9.96 Å². The molecule has 0 bridgehead atoms. The van der Waals surface area contributed by atoms with Crippen LogP contribution in [-0.2, 0) is 16.2 Å². The molecule has 4 aromatic rings. The number of hydrogen-bond acceptors (Lipinski definition) is 8. The summed E-state index contributed by atoms with van der Waals surface area (Å²) in [7, 11) is -2.44. The van der Waals surface area contributed by atoms with E-state index < -0.39 is 21.8 Å². The van der Waals surface area contributed by atoms with Crippen LogP contribution in [0.4, 0.5) is 24.0 Å². The standard InChI is InChI=1S/C26H23F3N4O4S3/c1-37-19-8-9-20(21(13-19)32-40(35,36)23-3-2-12-38-23)24(34)33-11-10-18(14-33)30-25-31-22(15-39-25)16-4-6-17(7-5-16)26(27,28)29/h2-9,12-13,15,18,32H,10-11,14H2,1H3,(H,30,31). The molecule has 1 atom stereocenters. The summed E-state index contributed by atoms with van der Waals surface area (Å²) < 4.78 is 72.1. The third kappa shape index (κ3) is 6.08. The number of sulfonamides is 1. The summed E-state index contributed by atoms with van der Waals surface area (Å²) in [6.45, 7) is 0.800. The molecule has 0 spiro atoms. The maximum atomic E-state index is 13.5. The Morgan fingerprint density at radius 3 is 2.58 bits per heavy atom. The zero-order valence-corrected chi connectivity index (χ0v) is 23.4. The van der Waals surface area contributed by atoms with Crippen LogP contribution >= 0.6 is 22.7 Å². The number of alkyl halides is 3. The minimum atomic E-state index is -4.40. The molecule has 14 heteroatoms. The number of carbonyl (C=O) groups is 1. The third-order valence-electron chi connectivity index (χ3n) is 6.28. The van der Waals surface area contributed by atoms with Gasteiger partial charge < -0.3 is 15.0 Å². The Hall–Kier alpha value is -3.62. The Morgan fingerprint density at radius 2 is 1.90 bits per heavy atom. The lowest BCUT2D eigenvalue weighted by atomic mass is 10.1. The number of rotatable bonds is 8. The maximum absolute atomic E-state index is 13.5. The van der Waals surface area contributed by atoms with E-state index in [2.05, 4.69) is 15.0 Å². The molecule has 2 aromatic heterocycles. The average Bonchev–Trinajstić information content (AvgIpc) is 3.71. The number of nitrogens with zero attached hydrogens (tertiary/aromatic N) is 2. The van der Waals surface area contributed by atoms with E-state index in [4.69, 9.17) is 4.74 Å². The summed E-state index contributed by atoms with van der Waals surface area (Å²) in [5.74, 6) is 0.0643. The van der Waals surface area contributed by atoms with Gasteiger partial charge in [-0.2, -0.15) is 13.2 Å². The zero-order chi connectivity index (χ0) is 28.5. The molecule has 0 aliphatic carbocycles. The van der Waals surface area contributed by atoms with Gasteiger partial charge in [-0.1, -0.05) is 18.2 Å². The van der Waals surface area contributed by atoms with Gasteiger partial charge in [0.15, 0.2) is 5.13 Å². The van der Waals surface area contributed by atoms with Crippen molar-refractivity contribution in [3.8, 4) is 17.0 Å². The molecule has 8 nitrogen and oxygen atoms in total.